The maximum atomic E-state index is 12.2. The molecule has 1 fully saturated rings. The molecule has 1 unspecified atom stereocenters. The molecule has 1 aromatic carbocycles. The van der Waals surface area contributed by atoms with Crippen molar-refractivity contribution in [2.24, 2.45) is 16.6 Å². The Bertz CT molecular complexity index is 787. The highest BCUT2D eigenvalue weighted by Crippen LogP contribution is 2.18. The lowest BCUT2D eigenvalue weighted by molar-refractivity contribution is -0.124. The Morgan fingerprint density at radius 2 is 2.00 bits per heavy atom. The third-order valence-electron chi connectivity index (χ3n) is 5.22. The first-order valence-electron chi connectivity index (χ1n) is 10.9. The molecule has 0 aliphatic carbocycles. The maximum Gasteiger partial charge on any atom is 0.240 e. The number of benzene rings is 1. The van der Waals surface area contributed by atoms with Gasteiger partial charge in [-0.1, -0.05) is 24.3 Å². The van der Waals surface area contributed by atoms with E-state index in [1.165, 1.54) is 5.56 Å². The number of guanidine groups is 1. The van der Waals surface area contributed by atoms with Gasteiger partial charge in [0.2, 0.25) is 11.8 Å². The number of aliphatic imine (C=N–C) groups is 1. The number of nitrogens with one attached hydrogen (secondary N) is 2. The molecule has 0 aromatic heterocycles. The van der Waals surface area contributed by atoms with Gasteiger partial charge in [0.15, 0.2) is 5.96 Å². The van der Waals surface area contributed by atoms with Crippen molar-refractivity contribution < 1.29 is 9.59 Å². The summed E-state index contributed by atoms with van der Waals surface area (Å²) in [6.07, 6.45) is 1.89. The SMILES string of the molecule is CN=C(NCc1cccc(CN2CCCC(C(N)=O)C2)c1)N(C)CC(=O)NC(C)(C)C. The van der Waals surface area contributed by atoms with Crippen LogP contribution in [0.2, 0.25) is 0 Å². The van der Waals surface area contributed by atoms with Crippen LogP contribution in [0, 0.1) is 5.92 Å². The molecular weight excluding hydrogens is 392 g/mol. The molecule has 0 spiro atoms. The number of primary amides is 1. The smallest absolute Gasteiger partial charge is 0.240 e. The monoisotopic (exact) mass is 430 g/mol. The zero-order valence-electron chi connectivity index (χ0n) is 19.6. The normalized spacial score (nSPS) is 17.8. The molecule has 1 saturated heterocycles. The summed E-state index contributed by atoms with van der Waals surface area (Å²) >= 11 is 0. The third-order valence-corrected chi connectivity index (χ3v) is 5.22. The van der Waals surface area contributed by atoms with Crippen molar-refractivity contribution in [1.29, 1.82) is 0 Å². The van der Waals surface area contributed by atoms with Crippen molar-refractivity contribution in [1.82, 2.24) is 20.4 Å². The highest BCUT2D eigenvalue weighted by atomic mass is 16.2. The minimum absolute atomic E-state index is 0.0456. The molecule has 1 aromatic rings. The Balaban J connectivity index is 1.90. The number of rotatable bonds is 7. The van der Waals surface area contributed by atoms with Gasteiger partial charge in [-0.3, -0.25) is 19.5 Å². The van der Waals surface area contributed by atoms with Gasteiger partial charge in [-0.15, -0.1) is 0 Å². The fraction of sp³-hybridized carbons (Fsp3) is 0.609. The van der Waals surface area contributed by atoms with E-state index in [1.54, 1.807) is 7.05 Å². The van der Waals surface area contributed by atoms with Gasteiger partial charge in [0.05, 0.1) is 12.5 Å². The van der Waals surface area contributed by atoms with Crippen LogP contribution in [0.4, 0.5) is 0 Å². The average molecular weight is 431 g/mol. The number of carbonyl (C=O) groups is 2. The van der Waals surface area contributed by atoms with Crippen molar-refractivity contribution in [3.8, 4) is 0 Å². The molecule has 2 amide bonds. The number of nitrogens with zero attached hydrogens (tertiary/aromatic N) is 3. The van der Waals surface area contributed by atoms with Crippen LogP contribution in [-0.4, -0.2) is 66.8 Å². The number of likely N-dealkylation sites (tertiary alicyclic amines) is 1. The van der Waals surface area contributed by atoms with Crippen LogP contribution >= 0.6 is 0 Å². The highest BCUT2D eigenvalue weighted by molar-refractivity contribution is 5.86. The quantitative estimate of drug-likeness (QED) is 0.447. The first kappa shape index (κ1) is 24.7. The Morgan fingerprint density at radius 1 is 1.29 bits per heavy atom. The summed E-state index contributed by atoms with van der Waals surface area (Å²) in [5.74, 6) is 0.368. The standard InChI is InChI=1S/C23H38N6O2/c1-23(2,3)27-20(30)16-28(5)22(25-4)26-13-17-8-6-9-18(12-17)14-29-11-7-10-19(15-29)21(24)31/h6,8-9,12,19H,7,10-11,13-16H2,1-5H3,(H2,24,31)(H,25,26)(H,27,30). The van der Waals surface area contributed by atoms with Crippen molar-refractivity contribution in [2.75, 3.05) is 33.7 Å². The van der Waals surface area contributed by atoms with Gasteiger partial charge < -0.3 is 21.3 Å². The first-order chi connectivity index (χ1) is 14.6. The number of piperidine rings is 1. The number of amides is 2. The van der Waals surface area contributed by atoms with E-state index >= 15 is 0 Å². The molecule has 2 rings (SSSR count). The molecule has 0 bridgehead atoms. The number of likely N-dealkylation sites (N-methyl/N-ethyl adjacent to an activating group) is 1. The molecule has 1 heterocycles. The topological polar surface area (TPSA) is 103 Å². The van der Waals surface area contributed by atoms with Crippen LogP contribution < -0.4 is 16.4 Å². The zero-order valence-corrected chi connectivity index (χ0v) is 19.6. The molecule has 4 N–H and O–H groups in total. The predicted molar refractivity (Wildman–Crippen MR) is 124 cm³/mol. The Kier molecular flexibility index (Phi) is 8.86. The van der Waals surface area contributed by atoms with E-state index in [9.17, 15) is 9.59 Å². The summed E-state index contributed by atoms with van der Waals surface area (Å²) < 4.78 is 0. The molecule has 0 radical (unpaired) electrons. The van der Waals surface area contributed by atoms with E-state index < -0.39 is 0 Å². The number of carbonyl (C=O) groups excluding carboxylic acids is 2. The summed E-state index contributed by atoms with van der Waals surface area (Å²) in [7, 11) is 3.56. The van der Waals surface area contributed by atoms with Crippen molar-refractivity contribution in [3.63, 3.8) is 0 Å². The van der Waals surface area contributed by atoms with Crippen LogP contribution in [0.1, 0.15) is 44.7 Å². The second-order valence-corrected chi connectivity index (χ2v) is 9.35. The van der Waals surface area contributed by atoms with Gasteiger partial charge in [0.1, 0.15) is 0 Å². The molecule has 1 atom stereocenters. The van der Waals surface area contributed by atoms with E-state index in [0.29, 0.717) is 12.5 Å². The summed E-state index contributed by atoms with van der Waals surface area (Å²) in [5, 5.41) is 6.29. The second-order valence-electron chi connectivity index (χ2n) is 9.35. The highest BCUT2D eigenvalue weighted by Gasteiger charge is 2.24. The minimum Gasteiger partial charge on any atom is -0.369 e. The van der Waals surface area contributed by atoms with E-state index in [-0.39, 0.29) is 29.8 Å². The van der Waals surface area contributed by atoms with Crippen LogP contribution in [0.25, 0.3) is 0 Å². The molecule has 0 saturated carbocycles. The molecule has 1 aliphatic heterocycles. The summed E-state index contributed by atoms with van der Waals surface area (Å²) in [4.78, 5) is 32.1. The Labute approximate surface area is 186 Å². The molecule has 31 heavy (non-hydrogen) atoms. The Hall–Kier alpha value is -2.61. The summed E-state index contributed by atoms with van der Waals surface area (Å²) in [6.45, 7) is 9.24. The van der Waals surface area contributed by atoms with Crippen LogP contribution in [0.15, 0.2) is 29.3 Å². The lowest BCUT2D eigenvalue weighted by Crippen LogP contribution is -2.48. The van der Waals surface area contributed by atoms with Crippen molar-refractivity contribution in [2.45, 2.75) is 52.2 Å². The average Bonchev–Trinajstić information content (AvgIpc) is 2.67. The Morgan fingerprint density at radius 3 is 2.65 bits per heavy atom. The van der Waals surface area contributed by atoms with E-state index in [2.05, 4.69) is 38.7 Å². The van der Waals surface area contributed by atoms with Gasteiger partial charge in [0.25, 0.3) is 0 Å². The third kappa shape index (κ3) is 8.57. The minimum atomic E-state index is -0.263. The molecular formula is C23H38N6O2. The van der Waals surface area contributed by atoms with Crippen molar-refractivity contribution >= 4 is 17.8 Å². The van der Waals surface area contributed by atoms with Crippen LogP contribution in [0.3, 0.4) is 0 Å². The maximum absolute atomic E-state index is 12.2. The number of hydrogen-bond acceptors (Lipinski definition) is 4. The van der Waals surface area contributed by atoms with Gasteiger partial charge in [-0.2, -0.15) is 0 Å². The molecule has 172 valence electrons. The van der Waals surface area contributed by atoms with E-state index in [1.807, 2.05) is 38.8 Å². The molecule has 8 nitrogen and oxygen atoms in total. The fourth-order valence-electron chi connectivity index (χ4n) is 3.84. The number of nitrogens with two attached hydrogens (primary N) is 1. The van der Waals surface area contributed by atoms with E-state index in [0.717, 1.165) is 38.0 Å². The summed E-state index contributed by atoms with van der Waals surface area (Å²) in [6, 6.07) is 8.39. The van der Waals surface area contributed by atoms with Gasteiger partial charge in [-0.25, -0.2) is 0 Å². The van der Waals surface area contributed by atoms with Crippen LogP contribution in [-0.2, 0) is 22.7 Å². The lowest BCUT2D eigenvalue weighted by atomic mass is 9.97. The summed E-state index contributed by atoms with van der Waals surface area (Å²) in [5.41, 5.74) is 7.58. The van der Waals surface area contributed by atoms with Crippen LogP contribution in [0.5, 0.6) is 0 Å². The van der Waals surface area contributed by atoms with E-state index in [4.69, 9.17) is 5.73 Å². The fourth-order valence-corrected chi connectivity index (χ4v) is 3.84. The zero-order chi connectivity index (χ0) is 23.0. The lowest BCUT2D eigenvalue weighted by Gasteiger charge is -2.31. The van der Waals surface area contributed by atoms with Crippen molar-refractivity contribution in [3.05, 3.63) is 35.4 Å². The first-order valence-corrected chi connectivity index (χ1v) is 10.9. The second kappa shape index (κ2) is 11.1. The van der Waals surface area contributed by atoms with Gasteiger partial charge >= 0.3 is 0 Å². The predicted octanol–water partition coefficient (Wildman–Crippen LogP) is 1.31. The van der Waals surface area contributed by atoms with Gasteiger partial charge in [-0.05, 0) is 51.3 Å². The largest absolute Gasteiger partial charge is 0.369 e. The van der Waals surface area contributed by atoms with Gasteiger partial charge in [0, 0.05) is 39.3 Å². The molecule has 1 aliphatic rings. The molecule has 8 heteroatoms. The number of hydrogen-bond donors (Lipinski definition) is 3.